The minimum atomic E-state index is -0.508. The summed E-state index contributed by atoms with van der Waals surface area (Å²) in [5.74, 6) is 0.114. The summed E-state index contributed by atoms with van der Waals surface area (Å²) in [7, 11) is 0. The third kappa shape index (κ3) is 4.11. The number of hydrogen-bond donors (Lipinski definition) is 1. The van der Waals surface area contributed by atoms with E-state index in [1.807, 2.05) is 11.8 Å². The number of hydrogen-bond acceptors (Lipinski definition) is 5. The Labute approximate surface area is 142 Å². The molecule has 5 nitrogen and oxygen atoms in total. The van der Waals surface area contributed by atoms with E-state index in [2.05, 4.69) is 9.88 Å². The van der Waals surface area contributed by atoms with Gasteiger partial charge in [-0.3, -0.25) is 9.69 Å². The van der Waals surface area contributed by atoms with Gasteiger partial charge in [0.1, 0.15) is 4.88 Å². The van der Waals surface area contributed by atoms with E-state index in [-0.39, 0.29) is 5.91 Å². The van der Waals surface area contributed by atoms with Crippen molar-refractivity contribution in [2.45, 2.75) is 51.0 Å². The molecule has 0 atom stereocenters. The number of amides is 1. The Balaban J connectivity index is 1.57. The fraction of sp³-hybridized carbons (Fsp3) is 0.765. The lowest BCUT2D eigenvalue weighted by molar-refractivity contribution is -0.0252. The Bertz CT molecular complexity index is 540. The molecule has 1 saturated carbocycles. The van der Waals surface area contributed by atoms with Crippen LogP contribution in [-0.2, 0) is 0 Å². The van der Waals surface area contributed by atoms with Gasteiger partial charge in [0.15, 0.2) is 0 Å². The van der Waals surface area contributed by atoms with E-state index in [0.29, 0.717) is 0 Å². The third-order valence-corrected chi connectivity index (χ3v) is 6.03. The van der Waals surface area contributed by atoms with Gasteiger partial charge in [-0.25, -0.2) is 4.98 Å². The lowest BCUT2D eigenvalue weighted by Crippen LogP contribution is -2.45. The maximum atomic E-state index is 12.6. The number of thiazole rings is 1. The van der Waals surface area contributed by atoms with Crippen LogP contribution in [-0.4, -0.2) is 64.1 Å². The normalized spacial score (nSPS) is 22.8. The van der Waals surface area contributed by atoms with E-state index in [1.165, 1.54) is 17.8 Å². The predicted octanol–water partition coefficient (Wildman–Crippen LogP) is 2.29. The van der Waals surface area contributed by atoms with Crippen LogP contribution in [0.15, 0.2) is 5.51 Å². The predicted molar refractivity (Wildman–Crippen MR) is 91.8 cm³/mol. The molecule has 1 aromatic heterocycles. The van der Waals surface area contributed by atoms with E-state index in [4.69, 9.17) is 0 Å². The highest BCUT2D eigenvalue weighted by atomic mass is 32.1. The molecule has 0 aromatic carbocycles. The standard InChI is InChI=1S/C17H27N3O2S/c1-14-15(23-13-18-14)16(21)20-9-5-8-19(10-11-20)12-17(22)6-3-2-4-7-17/h13,22H,2-12H2,1H3. The molecule has 1 aliphatic heterocycles. The molecule has 2 fully saturated rings. The molecule has 6 heteroatoms. The van der Waals surface area contributed by atoms with Crippen molar-refractivity contribution < 1.29 is 9.90 Å². The summed E-state index contributed by atoms with van der Waals surface area (Å²) < 4.78 is 0. The second-order valence-electron chi connectivity index (χ2n) is 6.97. The van der Waals surface area contributed by atoms with E-state index in [0.717, 1.165) is 75.4 Å². The van der Waals surface area contributed by atoms with Crippen molar-refractivity contribution in [1.29, 1.82) is 0 Å². The van der Waals surface area contributed by atoms with Gasteiger partial charge >= 0.3 is 0 Å². The van der Waals surface area contributed by atoms with Gasteiger partial charge in [0.25, 0.3) is 5.91 Å². The Hall–Kier alpha value is -0.980. The summed E-state index contributed by atoms with van der Waals surface area (Å²) in [6.45, 7) is 6.01. The summed E-state index contributed by atoms with van der Waals surface area (Å²) in [5.41, 5.74) is 2.06. The molecule has 1 aromatic rings. The number of nitrogens with zero attached hydrogens (tertiary/aromatic N) is 3. The van der Waals surface area contributed by atoms with Gasteiger partial charge in [0, 0.05) is 32.7 Å². The van der Waals surface area contributed by atoms with Gasteiger partial charge in [-0.05, 0) is 26.2 Å². The summed E-state index contributed by atoms with van der Waals surface area (Å²) in [6, 6.07) is 0. The van der Waals surface area contributed by atoms with Crippen LogP contribution >= 0.6 is 11.3 Å². The lowest BCUT2D eigenvalue weighted by Gasteiger charge is -2.36. The van der Waals surface area contributed by atoms with Crippen LogP contribution in [0.5, 0.6) is 0 Å². The van der Waals surface area contributed by atoms with Gasteiger partial charge in [0.2, 0.25) is 0 Å². The van der Waals surface area contributed by atoms with Gasteiger partial charge < -0.3 is 10.0 Å². The monoisotopic (exact) mass is 337 g/mol. The molecule has 2 heterocycles. The molecule has 0 spiro atoms. The molecule has 1 saturated heterocycles. The molecular weight excluding hydrogens is 310 g/mol. The smallest absolute Gasteiger partial charge is 0.265 e. The average molecular weight is 337 g/mol. The first-order valence-electron chi connectivity index (χ1n) is 8.71. The average Bonchev–Trinajstić information content (AvgIpc) is 2.82. The van der Waals surface area contributed by atoms with E-state index in [1.54, 1.807) is 5.51 Å². The number of rotatable bonds is 3. The van der Waals surface area contributed by atoms with Gasteiger partial charge in [-0.2, -0.15) is 0 Å². The first-order chi connectivity index (χ1) is 11.1. The number of aryl methyl sites for hydroxylation is 1. The highest BCUT2D eigenvalue weighted by Gasteiger charge is 2.32. The lowest BCUT2D eigenvalue weighted by atomic mass is 9.84. The highest BCUT2D eigenvalue weighted by Crippen LogP contribution is 2.29. The minimum absolute atomic E-state index is 0.114. The first kappa shape index (κ1) is 16.9. The molecular formula is C17H27N3O2S. The zero-order chi connectivity index (χ0) is 16.3. The second kappa shape index (κ2) is 7.28. The van der Waals surface area contributed by atoms with Gasteiger partial charge in [0.05, 0.1) is 16.8 Å². The van der Waals surface area contributed by atoms with Crippen LogP contribution < -0.4 is 0 Å². The van der Waals surface area contributed by atoms with E-state index < -0.39 is 5.60 Å². The summed E-state index contributed by atoms with van der Waals surface area (Å²) in [6.07, 6.45) is 6.34. The highest BCUT2D eigenvalue weighted by molar-refractivity contribution is 7.11. The van der Waals surface area contributed by atoms with Crippen LogP contribution in [0.3, 0.4) is 0 Å². The van der Waals surface area contributed by atoms with Crippen molar-refractivity contribution in [1.82, 2.24) is 14.8 Å². The zero-order valence-electron chi connectivity index (χ0n) is 14.0. The quantitative estimate of drug-likeness (QED) is 0.919. The molecule has 1 aliphatic carbocycles. The Kier molecular flexibility index (Phi) is 5.34. The molecule has 23 heavy (non-hydrogen) atoms. The number of aliphatic hydroxyl groups is 1. The SMILES string of the molecule is Cc1ncsc1C(=O)N1CCCN(CC2(O)CCCCC2)CC1. The van der Waals surface area contributed by atoms with Crippen molar-refractivity contribution in [3.63, 3.8) is 0 Å². The third-order valence-electron chi connectivity index (χ3n) is 5.12. The summed E-state index contributed by atoms with van der Waals surface area (Å²) in [4.78, 5) is 21.9. The van der Waals surface area contributed by atoms with Crippen LogP contribution in [0.1, 0.15) is 53.9 Å². The van der Waals surface area contributed by atoms with Crippen molar-refractivity contribution in [2.75, 3.05) is 32.7 Å². The van der Waals surface area contributed by atoms with Gasteiger partial charge in [-0.1, -0.05) is 19.3 Å². The Morgan fingerprint density at radius 1 is 1.22 bits per heavy atom. The number of β-amino-alcohol motifs (C(OH)–C–C–N with tert-alkyl or cyclic N) is 1. The van der Waals surface area contributed by atoms with Crippen LogP contribution in [0.25, 0.3) is 0 Å². The van der Waals surface area contributed by atoms with Crippen molar-refractivity contribution in [2.24, 2.45) is 0 Å². The van der Waals surface area contributed by atoms with Gasteiger partial charge in [-0.15, -0.1) is 11.3 Å². The molecule has 0 unspecified atom stereocenters. The molecule has 128 valence electrons. The Morgan fingerprint density at radius 3 is 2.70 bits per heavy atom. The topological polar surface area (TPSA) is 56.7 Å². The van der Waals surface area contributed by atoms with E-state index >= 15 is 0 Å². The maximum absolute atomic E-state index is 12.6. The molecule has 1 N–H and O–H groups in total. The van der Waals surface area contributed by atoms with Crippen molar-refractivity contribution >= 4 is 17.2 Å². The van der Waals surface area contributed by atoms with Crippen molar-refractivity contribution in [3.8, 4) is 0 Å². The number of aromatic nitrogens is 1. The van der Waals surface area contributed by atoms with E-state index in [9.17, 15) is 9.90 Å². The molecule has 1 amide bonds. The van der Waals surface area contributed by atoms with Crippen molar-refractivity contribution in [3.05, 3.63) is 16.1 Å². The molecule has 2 aliphatic rings. The fourth-order valence-electron chi connectivity index (χ4n) is 3.77. The van der Waals surface area contributed by atoms with Crippen LogP contribution in [0.2, 0.25) is 0 Å². The maximum Gasteiger partial charge on any atom is 0.265 e. The largest absolute Gasteiger partial charge is 0.389 e. The fourth-order valence-corrected chi connectivity index (χ4v) is 4.54. The first-order valence-corrected chi connectivity index (χ1v) is 9.59. The second-order valence-corrected chi connectivity index (χ2v) is 7.83. The van der Waals surface area contributed by atoms with Crippen LogP contribution in [0, 0.1) is 6.92 Å². The Morgan fingerprint density at radius 2 is 2.00 bits per heavy atom. The minimum Gasteiger partial charge on any atom is -0.389 e. The summed E-state index contributed by atoms with van der Waals surface area (Å²) >= 11 is 1.43. The zero-order valence-corrected chi connectivity index (χ0v) is 14.8. The number of carbonyl (C=O) groups excluding carboxylic acids is 1. The molecule has 0 bridgehead atoms. The summed E-state index contributed by atoms with van der Waals surface area (Å²) in [5, 5.41) is 10.7. The number of carbonyl (C=O) groups is 1. The molecule has 0 radical (unpaired) electrons. The van der Waals surface area contributed by atoms with Crippen LogP contribution in [0.4, 0.5) is 0 Å². The molecule has 3 rings (SSSR count).